The van der Waals surface area contributed by atoms with Crippen molar-refractivity contribution in [2.24, 2.45) is 5.92 Å². The fourth-order valence-corrected chi connectivity index (χ4v) is 4.33. The molecule has 1 aliphatic rings. The number of hydrogen-bond donors (Lipinski definition) is 0. The zero-order valence-electron chi connectivity index (χ0n) is 17.5. The smallest absolute Gasteiger partial charge is 0.306 e. The van der Waals surface area contributed by atoms with Crippen LogP contribution in [-0.2, 0) is 28.0 Å². The normalized spacial score (nSPS) is 14.6. The lowest BCUT2D eigenvalue weighted by atomic mass is 10.0. The van der Waals surface area contributed by atoms with Gasteiger partial charge in [0.2, 0.25) is 5.91 Å². The van der Waals surface area contributed by atoms with Gasteiger partial charge in [0.05, 0.1) is 26.2 Å². The van der Waals surface area contributed by atoms with Crippen LogP contribution in [0.3, 0.4) is 0 Å². The number of carbonyl (C=O) groups is 1. The Labute approximate surface area is 178 Å². The van der Waals surface area contributed by atoms with E-state index in [1.54, 1.807) is 35.4 Å². The Morgan fingerprint density at radius 3 is 2.57 bits per heavy atom. The summed E-state index contributed by atoms with van der Waals surface area (Å²) in [4.78, 5) is 14.7. The molecule has 0 bridgehead atoms. The van der Waals surface area contributed by atoms with E-state index in [-0.39, 0.29) is 11.7 Å². The SMILES string of the molecule is COc1ccc(CN(Cc2ccco2)C(=O)CCC2CCCC2)cc1OS(C)(=O)=O. The fraction of sp³-hybridized carbons (Fsp3) is 0.500. The average molecular weight is 436 g/mol. The molecule has 0 saturated heterocycles. The van der Waals surface area contributed by atoms with E-state index in [9.17, 15) is 13.2 Å². The Balaban J connectivity index is 1.75. The van der Waals surface area contributed by atoms with Crippen LogP contribution in [0.4, 0.5) is 0 Å². The van der Waals surface area contributed by atoms with E-state index in [0.717, 1.165) is 18.2 Å². The highest BCUT2D eigenvalue weighted by molar-refractivity contribution is 7.86. The summed E-state index contributed by atoms with van der Waals surface area (Å²) in [6.07, 6.45) is 8.88. The number of furan rings is 1. The van der Waals surface area contributed by atoms with Crippen molar-refractivity contribution < 1.29 is 26.5 Å². The zero-order valence-corrected chi connectivity index (χ0v) is 18.3. The van der Waals surface area contributed by atoms with Crippen LogP contribution in [-0.4, -0.2) is 32.6 Å². The first-order valence-corrected chi connectivity index (χ1v) is 12.0. The standard InChI is InChI=1S/C22H29NO6S/c1-27-20-11-9-18(14-21(20)29-30(2,25)26)15-23(16-19-8-5-13-28-19)22(24)12-10-17-6-3-4-7-17/h5,8-9,11,13-14,17H,3-4,6-7,10,12,15-16H2,1-2H3. The van der Waals surface area contributed by atoms with Crippen LogP contribution in [0.1, 0.15) is 49.8 Å². The maximum absolute atomic E-state index is 13.0. The first kappa shape index (κ1) is 22.2. The van der Waals surface area contributed by atoms with Gasteiger partial charge in [-0.1, -0.05) is 31.7 Å². The molecule has 1 aromatic heterocycles. The molecule has 30 heavy (non-hydrogen) atoms. The van der Waals surface area contributed by atoms with Gasteiger partial charge in [-0.3, -0.25) is 4.79 Å². The van der Waals surface area contributed by atoms with Gasteiger partial charge in [0, 0.05) is 13.0 Å². The summed E-state index contributed by atoms with van der Waals surface area (Å²) in [7, 11) is -2.26. The van der Waals surface area contributed by atoms with Crippen molar-refractivity contribution in [2.45, 2.75) is 51.6 Å². The Hall–Kier alpha value is -2.48. The van der Waals surface area contributed by atoms with Crippen LogP contribution < -0.4 is 8.92 Å². The molecule has 0 aliphatic heterocycles. The molecule has 0 N–H and O–H groups in total. The van der Waals surface area contributed by atoms with Gasteiger partial charge in [-0.2, -0.15) is 8.42 Å². The lowest BCUT2D eigenvalue weighted by Crippen LogP contribution is -2.30. The first-order valence-electron chi connectivity index (χ1n) is 10.2. The second-order valence-corrected chi connectivity index (χ2v) is 9.37. The highest BCUT2D eigenvalue weighted by Gasteiger charge is 2.21. The van der Waals surface area contributed by atoms with Gasteiger partial charge >= 0.3 is 10.1 Å². The third-order valence-corrected chi connectivity index (χ3v) is 5.85. The molecular formula is C22H29NO6S. The third-order valence-electron chi connectivity index (χ3n) is 5.36. The minimum absolute atomic E-state index is 0.0553. The molecule has 1 aliphatic carbocycles. The molecule has 0 spiro atoms. The monoisotopic (exact) mass is 435 g/mol. The van der Waals surface area contributed by atoms with Crippen molar-refractivity contribution >= 4 is 16.0 Å². The summed E-state index contributed by atoms with van der Waals surface area (Å²) in [6, 6.07) is 8.67. The van der Waals surface area contributed by atoms with Crippen molar-refractivity contribution in [2.75, 3.05) is 13.4 Å². The van der Waals surface area contributed by atoms with Crippen molar-refractivity contribution in [3.05, 3.63) is 47.9 Å². The van der Waals surface area contributed by atoms with E-state index in [4.69, 9.17) is 13.3 Å². The topological polar surface area (TPSA) is 86.0 Å². The number of ether oxygens (including phenoxy) is 1. The minimum Gasteiger partial charge on any atom is -0.493 e. The molecule has 1 aromatic carbocycles. The maximum atomic E-state index is 13.0. The van der Waals surface area contributed by atoms with E-state index in [1.807, 2.05) is 6.07 Å². The van der Waals surface area contributed by atoms with Crippen LogP contribution in [0.15, 0.2) is 41.0 Å². The second kappa shape index (κ2) is 10.0. The number of methoxy groups -OCH3 is 1. The van der Waals surface area contributed by atoms with Gasteiger partial charge < -0.3 is 18.2 Å². The lowest BCUT2D eigenvalue weighted by molar-refractivity contribution is -0.133. The van der Waals surface area contributed by atoms with Crippen LogP contribution in [0, 0.1) is 5.92 Å². The van der Waals surface area contributed by atoms with Gasteiger partial charge in [0.25, 0.3) is 0 Å². The van der Waals surface area contributed by atoms with Gasteiger partial charge in [-0.15, -0.1) is 0 Å². The van der Waals surface area contributed by atoms with Gasteiger partial charge in [-0.25, -0.2) is 0 Å². The minimum atomic E-state index is -3.71. The van der Waals surface area contributed by atoms with Crippen molar-refractivity contribution in [1.29, 1.82) is 0 Å². The van der Waals surface area contributed by atoms with Gasteiger partial charge in [-0.05, 0) is 42.2 Å². The fourth-order valence-electron chi connectivity index (χ4n) is 3.88. The highest BCUT2D eigenvalue weighted by Crippen LogP contribution is 2.31. The summed E-state index contributed by atoms with van der Waals surface area (Å²) in [5.74, 6) is 1.81. The number of benzene rings is 1. The number of hydrogen-bond acceptors (Lipinski definition) is 6. The van der Waals surface area contributed by atoms with E-state index in [1.165, 1.54) is 32.8 Å². The third kappa shape index (κ3) is 6.52. The molecule has 8 heteroatoms. The quantitative estimate of drug-likeness (QED) is 0.522. The molecule has 1 amide bonds. The summed E-state index contributed by atoms with van der Waals surface area (Å²) in [6.45, 7) is 0.666. The molecule has 0 unspecified atom stereocenters. The van der Waals surface area contributed by atoms with Crippen molar-refractivity contribution in [3.63, 3.8) is 0 Å². The molecule has 1 fully saturated rings. The van der Waals surface area contributed by atoms with E-state index >= 15 is 0 Å². The molecule has 1 saturated carbocycles. The number of carbonyl (C=O) groups excluding carboxylic acids is 1. The molecular weight excluding hydrogens is 406 g/mol. The molecule has 3 rings (SSSR count). The summed E-state index contributed by atoms with van der Waals surface area (Å²) < 4.78 is 38.8. The highest BCUT2D eigenvalue weighted by atomic mass is 32.2. The van der Waals surface area contributed by atoms with Crippen molar-refractivity contribution in [1.82, 2.24) is 4.90 Å². The number of amides is 1. The lowest BCUT2D eigenvalue weighted by Gasteiger charge is -2.23. The molecule has 2 aromatic rings. The van der Waals surface area contributed by atoms with E-state index in [2.05, 4.69) is 0 Å². The van der Waals surface area contributed by atoms with Crippen LogP contribution in [0.5, 0.6) is 11.5 Å². The zero-order chi connectivity index (χ0) is 21.6. The van der Waals surface area contributed by atoms with E-state index < -0.39 is 10.1 Å². The summed E-state index contributed by atoms with van der Waals surface area (Å²) >= 11 is 0. The number of rotatable bonds is 10. The summed E-state index contributed by atoms with van der Waals surface area (Å²) in [5, 5.41) is 0. The molecule has 0 atom stereocenters. The van der Waals surface area contributed by atoms with Crippen LogP contribution >= 0.6 is 0 Å². The number of nitrogens with zero attached hydrogens (tertiary/aromatic N) is 1. The van der Waals surface area contributed by atoms with Crippen molar-refractivity contribution in [3.8, 4) is 11.5 Å². The summed E-state index contributed by atoms with van der Waals surface area (Å²) in [5.41, 5.74) is 0.746. The Bertz CT molecular complexity index is 933. The van der Waals surface area contributed by atoms with Gasteiger partial charge in [0.15, 0.2) is 11.5 Å². The molecule has 7 nitrogen and oxygen atoms in total. The predicted molar refractivity (Wildman–Crippen MR) is 113 cm³/mol. The average Bonchev–Trinajstić information content (AvgIpc) is 3.38. The largest absolute Gasteiger partial charge is 0.493 e. The second-order valence-electron chi connectivity index (χ2n) is 7.79. The molecule has 0 radical (unpaired) electrons. The Morgan fingerprint density at radius 2 is 1.93 bits per heavy atom. The van der Waals surface area contributed by atoms with Gasteiger partial charge in [0.1, 0.15) is 5.76 Å². The van der Waals surface area contributed by atoms with Crippen LogP contribution in [0.2, 0.25) is 0 Å². The maximum Gasteiger partial charge on any atom is 0.306 e. The van der Waals surface area contributed by atoms with E-state index in [0.29, 0.717) is 36.9 Å². The molecule has 1 heterocycles. The predicted octanol–water partition coefficient (Wildman–Crippen LogP) is 4.13. The Morgan fingerprint density at radius 1 is 1.17 bits per heavy atom. The Kier molecular flexibility index (Phi) is 7.42. The molecule has 164 valence electrons. The van der Waals surface area contributed by atoms with Crippen LogP contribution in [0.25, 0.3) is 0 Å². The first-order chi connectivity index (χ1) is 14.3.